The minimum absolute atomic E-state index is 0.00376. The lowest BCUT2D eigenvalue weighted by Crippen LogP contribution is -2.24. The van der Waals surface area contributed by atoms with Crippen molar-refractivity contribution in [2.75, 3.05) is 6.26 Å². The van der Waals surface area contributed by atoms with Crippen molar-refractivity contribution in [1.82, 2.24) is 0 Å². The van der Waals surface area contributed by atoms with E-state index < -0.39 is 15.4 Å². The van der Waals surface area contributed by atoms with Gasteiger partial charge in [-0.25, -0.2) is 8.42 Å². The number of hydrogen-bond acceptors (Lipinski definition) is 4. The number of rotatable bonds is 5. The van der Waals surface area contributed by atoms with Crippen molar-refractivity contribution < 1.29 is 17.9 Å². The Bertz CT molecular complexity index is 424. The molecular weight excluding hydrogens is 252 g/mol. The smallest absolute Gasteiger partial charge is 0.306 e. The van der Waals surface area contributed by atoms with E-state index in [4.69, 9.17) is 4.74 Å². The lowest BCUT2D eigenvalue weighted by Gasteiger charge is -2.20. The molecule has 0 aromatic carbocycles. The Balaban J connectivity index is 4.20. The maximum absolute atomic E-state index is 11.5. The SMILES string of the molecule is CC(C=CC=CS(C)(=O)=O)CC(=O)OC(C)(C)C. The molecule has 0 spiro atoms. The summed E-state index contributed by atoms with van der Waals surface area (Å²) in [5, 5.41) is 1.11. The van der Waals surface area contributed by atoms with Gasteiger partial charge in [-0.2, -0.15) is 0 Å². The lowest BCUT2D eigenvalue weighted by atomic mass is 10.1. The summed E-state index contributed by atoms with van der Waals surface area (Å²) in [4.78, 5) is 11.5. The second kappa shape index (κ2) is 6.73. The van der Waals surface area contributed by atoms with E-state index in [1.165, 1.54) is 6.08 Å². The normalized spacial score (nSPS) is 15.2. The zero-order valence-corrected chi connectivity index (χ0v) is 12.5. The molecule has 0 radical (unpaired) electrons. The predicted octanol–water partition coefficient (Wildman–Crippen LogP) is 2.47. The minimum atomic E-state index is -3.09. The van der Waals surface area contributed by atoms with Gasteiger partial charge < -0.3 is 4.74 Å². The van der Waals surface area contributed by atoms with Crippen LogP contribution in [0.1, 0.15) is 34.1 Å². The molecule has 4 nitrogen and oxygen atoms in total. The van der Waals surface area contributed by atoms with Crippen LogP contribution in [0.4, 0.5) is 0 Å². The van der Waals surface area contributed by atoms with Gasteiger partial charge in [-0.15, -0.1) is 0 Å². The molecule has 0 aromatic heterocycles. The number of sulfone groups is 1. The van der Waals surface area contributed by atoms with Crippen LogP contribution in [0.5, 0.6) is 0 Å². The van der Waals surface area contributed by atoms with E-state index >= 15 is 0 Å². The largest absolute Gasteiger partial charge is 0.460 e. The molecule has 0 bridgehead atoms. The molecule has 0 aliphatic carbocycles. The van der Waals surface area contributed by atoms with Crippen LogP contribution < -0.4 is 0 Å². The average Bonchev–Trinajstić information content (AvgIpc) is 2.07. The maximum atomic E-state index is 11.5. The van der Waals surface area contributed by atoms with Gasteiger partial charge in [0, 0.05) is 11.7 Å². The third-order valence-corrected chi connectivity index (χ3v) is 2.44. The Kier molecular flexibility index (Phi) is 6.32. The first-order valence-corrected chi connectivity index (χ1v) is 7.72. The van der Waals surface area contributed by atoms with Crippen LogP contribution in [0.3, 0.4) is 0 Å². The molecule has 0 amide bonds. The summed E-state index contributed by atoms with van der Waals surface area (Å²) in [5.74, 6) is -0.254. The van der Waals surface area contributed by atoms with Crippen molar-refractivity contribution in [3.05, 3.63) is 23.6 Å². The summed E-state index contributed by atoms with van der Waals surface area (Å²) in [7, 11) is -3.09. The number of ether oxygens (including phenoxy) is 1. The third-order valence-electron chi connectivity index (χ3n) is 1.79. The molecule has 0 rings (SSSR count). The lowest BCUT2D eigenvalue weighted by molar-refractivity contribution is -0.155. The number of allylic oxidation sites excluding steroid dienone is 3. The monoisotopic (exact) mass is 274 g/mol. The first-order valence-electron chi connectivity index (χ1n) is 5.76. The summed E-state index contributed by atoms with van der Waals surface area (Å²) in [5.41, 5.74) is -0.475. The predicted molar refractivity (Wildman–Crippen MR) is 72.7 cm³/mol. The van der Waals surface area contributed by atoms with Crippen molar-refractivity contribution in [3.8, 4) is 0 Å². The Morgan fingerprint density at radius 2 is 1.83 bits per heavy atom. The maximum Gasteiger partial charge on any atom is 0.306 e. The fourth-order valence-electron chi connectivity index (χ4n) is 1.16. The van der Waals surface area contributed by atoms with E-state index in [1.807, 2.05) is 27.7 Å². The van der Waals surface area contributed by atoms with Crippen LogP contribution in [0.15, 0.2) is 23.6 Å². The van der Waals surface area contributed by atoms with Gasteiger partial charge in [0.2, 0.25) is 0 Å². The quantitative estimate of drug-likeness (QED) is 0.571. The first-order chi connectivity index (χ1) is 7.99. The molecule has 0 aromatic rings. The molecule has 1 atom stereocenters. The van der Waals surface area contributed by atoms with E-state index in [9.17, 15) is 13.2 Å². The summed E-state index contributed by atoms with van der Waals surface area (Å²) in [6.45, 7) is 7.33. The second-order valence-corrected chi connectivity index (χ2v) is 7.24. The molecule has 104 valence electrons. The van der Waals surface area contributed by atoms with Gasteiger partial charge in [0.05, 0.1) is 6.42 Å². The number of esters is 1. The Morgan fingerprint density at radius 1 is 1.28 bits per heavy atom. The summed E-state index contributed by atoms with van der Waals surface area (Å²) in [6, 6.07) is 0. The molecule has 0 heterocycles. The van der Waals surface area contributed by atoms with Gasteiger partial charge in [0.15, 0.2) is 9.84 Å². The highest BCUT2D eigenvalue weighted by atomic mass is 32.2. The van der Waals surface area contributed by atoms with Crippen molar-refractivity contribution in [3.63, 3.8) is 0 Å². The Hall–Kier alpha value is -1.10. The zero-order valence-electron chi connectivity index (χ0n) is 11.6. The van der Waals surface area contributed by atoms with Crippen LogP contribution in [0.25, 0.3) is 0 Å². The van der Waals surface area contributed by atoms with E-state index in [-0.39, 0.29) is 18.3 Å². The fraction of sp³-hybridized carbons (Fsp3) is 0.615. The summed E-state index contributed by atoms with van der Waals surface area (Å²) in [6.07, 6.45) is 6.24. The van der Waals surface area contributed by atoms with Gasteiger partial charge in [-0.05, 0) is 26.7 Å². The molecule has 0 N–H and O–H groups in total. The highest BCUT2D eigenvalue weighted by Gasteiger charge is 2.17. The van der Waals surface area contributed by atoms with Crippen LogP contribution in [0, 0.1) is 5.92 Å². The van der Waals surface area contributed by atoms with Crippen molar-refractivity contribution >= 4 is 15.8 Å². The van der Waals surface area contributed by atoms with Crippen LogP contribution in [-0.4, -0.2) is 26.2 Å². The highest BCUT2D eigenvalue weighted by Crippen LogP contribution is 2.12. The van der Waals surface area contributed by atoms with Gasteiger partial charge in [0.1, 0.15) is 5.60 Å². The standard InChI is InChI=1S/C13H22O4S/c1-11(8-6-7-9-18(5,15)16)10-12(14)17-13(2,3)4/h6-9,11H,10H2,1-5H3. The number of carbonyl (C=O) groups is 1. The summed E-state index contributed by atoms with van der Waals surface area (Å²) < 4.78 is 26.8. The molecule has 0 aliphatic rings. The average molecular weight is 274 g/mol. The molecule has 0 aliphatic heterocycles. The second-order valence-electron chi connectivity index (χ2n) is 5.31. The molecular formula is C13H22O4S. The zero-order chi connectivity index (χ0) is 14.4. The molecule has 0 saturated heterocycles. The van der Waals surface area contributed by atoms with E-state index in [1.54, 1.807) is 12.2 Å². The molecule has 0 fully saturated rings. The summed E-state index contributed by atoms with van der Waals surface area (Å²) >= 11 is 0. The Labute approximate surface area is 110 Å². The molecule has 0 saturated carbocycles. The fourth-order valence-corrected chi connectivity index (χ4v) is 1.53. The van der Waals surface area contributed by atoms with E-state index in [0.29, 0.717) is 0 Å². The first kappa shape index (κ1) is 16.9. The van der Waals surface area contributed by atoms with E-state index in [0.717, 1.165) is 11.7 Å². The van der Waals surface area contributed by atoms with Crippen molar-refractivity contribution in [2.45, 2.75) is 39.7 Å². The third kappa shape index (κ3) is 11.4. The van der Waals surface area contributed by atoms with Gasteiger partial charge in [-0.1, -0.05) is 25.2 Å². The minimum Gasteiger partial charge on any atom is -0.460 e. The molecule has 18 heavy (non-hydrogen) atoms. The van der Waals surface area contributed by atoms with E-state index in [2.05, 4.69) is 0 Å². The van der Waals surface area contributed by atoms with Crippen LogP contribution in [0.2, 0.25) is 0 Å². The Morgan fingerprint density at radius 3 is 2.28 bits per heavy atom. The van der Waals surface area contributed by atoms with Crippen molar-refractivity contribution in [2.24, 2.45) is 5.92 Å². The van der Waals surface area contributed by atoms with Gasteiger partial charge in [0.25, 0.3) is 0 Å². The highest BCUT2D eigenvalue weighted by molar-refractivity contribution is 7.93. The van der Waals surface area contributed by atoms with Gasteiger partial charge >= 0.3 is 5.97 Å². The van der Waals surface area contributed by atoms with Crippen LogP contribution in [-0.2, 0) is 19.4 Å². The number of hydrogen-bond donors (Lipinski definition) is 0. The van der Waals surface area contributed by atoms with Crippen LogP contribution >= 0.6 is 0 Å². The topological polar surface area (TPSA) is 60.4 Å². The van der Waals surface area contributed by atoms with Gasteiger partial charge in [-0.3, -0.25) is 4.79 Å². The molecule has 5 heteroatoms. The number of carbonyl (C=O) groups excluding carboxylic acids is 1. The molecule has 1 unspecified atom stereocenters. The van der Waals surface area contributed by atoms with Crippen molar-refractivity contribution in [1.29, 1.82) is 0 Å².